The molecule has 11 heteroatoms. The summed E-state index contributed by atoms with van der Waals surface area (Å²) in [4.78, 5) is 39.2. The summed E-state index contributed by atoms with van der Waals surface area (Å²) in [6, 6.07) is 17.8. The summed E-state index contributed by atoms with van der Waals surface area (Å²) in [5, 5.41) is 2.44. The van der Waals surface area contributed by atoms with Gasteiger partial charge >= 0.3 is 0 Å². The normalized spacial score (nSPS) is 14.0. The third kappa shape index (κ3) is 7.59. The number of amides is 3. The molecule has 0 spiro atoms. The first-order valence-corrected chi connectivity index (χ1v) is 14.4. The molecule has 0 unspecified atom stereocenters. The number of benzene rings is 3. The van der Waals surface area contributed by atoms with E-state index in [1.807, 2.05) is 38.1 Å². The van der Waals surface area contributed by atoms with Crippen molar-refractivity contribution in [2.24, 2.45) is 0 Å². The number of anilines is 1. The second-order valence-corrected chi connectivity index (χ2v) is 10.8. The van der Waals surface area contributed by atoms with E-state index in [1.54, 1.807) is 42.5 Å². The van der Waals surface area contributed by atoms with Crippen LogP contribution in [0.25, 0.3) is 6.08 Å². The second kappa shape index (κ2) is 13.7. The fraction of sp³-hybridized carbons (Fsp3) is 0.207. The molecular weight excluding hydrogens is 620 g/mol. The van der Waals surface area contributed by atoms with Crippen LogP contribution in [0.3, 0.4) is 0 Å². The predicted octanol–water partition coefficient (Wildman–Crippen LogP) is 7.15. The number of carbonyl (C=O) groups excluding carboxylic acids is 3. The lowest BCUT2D eigenvalue weighted by molar-refractivity contribution is -0.127. The zero-order valence-corrected chi connectivity index (χ0v) is 24.9. The third-order valence-corrected chi connectivity index (χ3v) is 7.27. The van der Waals surface area contributed by atoms with E-state index in [0.29, 0.717) is 46.7 Å². The van der Waals surface area contributed by atoms with Crippen LogP contribution in [0.5, 0.6) is 17.2 Å². The van der Waals surface area contributed by atoms with E-state index < -0.39 is 23.6 Å². The molecule has 1 N–H and O–H groups in total. The topological polar surface area (TPSA) is 94.2 Å². The quantitative estimate of drug-likeness (QED) is 0.221. The van der Waals surface area contributed by atoms with Gasteiger partial charge in [0.05, 0.1) is 23.1 Å². The van der Waals surface area contributed by atoms with Gasteiger partial charge in [-0.25, -0.2) is 0 Å². The zero-order valence-electron chi connectivity index (χ0n) is 21.7. The van der Waals surface area contributed by atoms with Gasteiger partial charge in [0, 0.05) is 10.2 Å². The maximum Gasteiger partial charge on any atom is 0.294 e. The van der Waals surface area contributed by atoms with Gasteiger partial charge in [0.15, 0.2) is 11.5 Å². The van der Waals surface area contributed by atoms with Gasteiger partial charge in [0.25, 0.3) is 11.1 Å². The Labute approximate surface area is 249 Å². The van der Waals surface area contributed by atoms with Crippen LogP contribution in [0.4, 0.5) is 10.5 Å². The van der Waals surface area contributed by atoms with Crippen LogP contribution in [0, 0.1) is 0 Å². The third-order valence-electron chi connectivity index (χ3n) is 5.55. The molecule has 0 radical (unpaired) electrons. The molecule has 0 aromatic heterocycles. The van der Waals surface area contributed by atoms with Crippen LogP contribution in [0.2, 0.25) is 5.02 Å². The van der Waals surface area contributed by atoms with Gasteiger partial charge in [-0.1, -0.05) is 39.7 Å². The summed E-state index contributed by atoms with van der Waals surface area (Å²) in [7, 11) is 0. The number of rotatable bonds is 11. The van der Waals surface area contributed by atoms with Gasteiger partial charge in [-0.05, 0) is 91.3 Å². The molecule has 1 aliphatic rings. The molecule has 0 saturated carbocycles. The highest BCUT2D eigenvalue weighted by Gasteiger charge is 2.36. The van der Waals surface area contributed by atoms with E-state index in [4.69, 9.17) is 25.8 Å². The lowest BCUT2D eigenvalue weighted by Gasteiger charge is -2.15. The van der Waals surface area contributed by atoms with Crippen molar-refractivity contribution in [3.63, 3.8) is 0 Å². The van der Waals surface area contributed by atoms with E-state index in [-0.39, 0.29) is 11.5 Å². The molecule has 40 heavy (non-hydrogen) atoms. The Morgan fingerprint density at radius 2 is 1.70 bits per heavy atom. The smallest absolute Gasteiger partial charge is 0.294 e. The van der Waals surface area contributed by atoms with Crippen molar-refractivity contribution < 1.29 is 28.6 Å². The average molecular weight is 646 g/mol. The van der Waals surface area contributed by atoms with Gasteiger partial charge in [-0.2, -0.15) is 0 Å². The van der Waals surface area contributed by atoms with Crippen LogP contribution >= 0.6 is 39.3 Å². The minimum Gasteiger partial charge on any atom is -0.494 e. The molecule has 0 atom stereocenters. The number of ether oxygens (including phenoxy) is 3. The standard InChI is InChI=1S/C29H26BrClN2O6S/c1-3-37-22-11-9-21(10-12-22)32-26(34)16-33-28(35)25(40-29(33)36)15-19-13-23(31)27(24(14-19)38-4-2)39-17-18-5-7-20(30)8-6-18/h5-15H,3-4,16-17H2,1-2H3,(H,32,34)/b25-15+. The molecule has 1 heterocycles. The molecule has 4 rings (SSSR count). The van der Waals surface area contributed by atoms with Crippen LogP contribution in [-0.4, -0.2) is 41.7 Å². The fourth-order valence-corrected chi connectivity index (χ4v) is 5.12. The summed E-state index contributed by atoms with van der Waals surface area (Å²) in [5.74, 6) is 0.395. The molecule has 3 aromatic rings. The summed E-state index contributed by atoms with van der Waals surface area (Å²) in [6.45, 7) is 4.48. The van der Waals surface area contributed by atoms with Crippen molar-refractivity contribution in [2.75, 3.05) is 25.1 Å². The Morgan fingerprint density at radius 3 is 2.38 bits per heavy atom. The minimum absolute atomic E-state index is 0.168. The highest BCUT2D eigenvalue weighted by Crippen LogP contribution is 2.39. The molecule has 0 bridgehead atoms. The first-order chi connectivity index (χ1) is 19.3. The van der Waals surface area contributed by atoms with Gasteiger partial charge < -0.3 is 19.5 Å². The van der Waals surface area contributed by atoms with E-state index in [0.717, 1.165) is 26.7 Å². The summed E-state index contributed by atoms with van der Waals surface area (Å²) < 4.78 is 18.1. The molecule has 3 aromatic carbocycles. The van der Waals surface area contributed by atoms with Crippen molar-refractivity contribution in [3.8, 4) is 17.2 Å². The van der Waals surface area contributed by atoms with E-state index in [9.17, 15) is 14.4 Å². The van der Waals surface area contributed by atoms with E-state index >= 15 is 0 Å². The SMILES string of the molecule is CCOc1ccc(NC(=O)CN2C(=O)S/C(=C/c3cc(Cl)c(OCc4ccc(Br)cc4)c(OCC)c3)C2=O)cc1. The summed E-state index contributed by atoms with van der Waals surface area (Å²) >= 11 is 10.7. The maximum absolute atomic E-state index is 13.0. The number of halogens is 2. The van der Waals surface area contributed by atoms with Crippen LogP contribution in [0.15, 0.2) is 70.0 Å². The molecular formula is C29H26BrClN2O6S. The summed E-state index contributed by atoms with van der Waals surface area (Å²) in [6.07, 6.45) is 1.54. The molecule has 8 nitrogen and oxygen atoms in total. The molecule has 1 saturated heterocycles. The minimum atomic E-state index is -0.568. The fourth-order valence-electron chi connectivity index (χ4n) is 3.74. The van der Waals surface area contributed by atoms with E-state index in [1.165, 1.54) is 0 Å². The highest BCUT2D eigenvalue weighted by atomic mass is 79.9. The number of nitrogens with one attached hydrogen (secondary N) is 1. The van der Waals surface area contributed by atoms with Crippen molar-refractivity contribution in [1.29, 1.82) is 0 Å². The van der Waals surface area contributed by atoms with Crippen LogP contribution in [-0.2, 0) is 16.2 Å². The number of hydrogen-bond acceptors (Lipinski definition) is 7. The number of carbonyl (C=O) groups is 3. The monoisotopic (exact) mass is 644 g/mol. The van der Waals surface area contributed by atoms with Crippen molar-refractivity contribution in [1.82, 2.24) is 4.90 Å². The average Bonchev–Trinajstić information content (AvgIpc) is 3.18. The largest absolute Gasteiger partial charge is 0.494 e. The number of hydrogen-bond donors (Lipinski definition) is 1. The van der Waals surface area contributed by atoms with Crippen molar-refractivity contribution in [2.45, 2.75) is 20.5 Å². The molecule has 208 valence electrons. The first-order valence-electron chi connectivity index (χ1n) is 12.4. The second-order valence-electron chi connectivity index (χ2n) is 8.45. The Hall–Kier alpha value is -3.47. The Kier molecular flexibility index (Phi) is 10.1. The summed E-state index contributed by atoms with van der Waals surface area (Å²) in [5.41, 5.74) is 2.02. The lowest BCUT2D eigenvalue weighted by Crippen LogP contribution is -2.36. The lowest BCUT2D eigenvalue weighted by atomic mass is 10.1. The van der Waals surface area contributed by atoms with Crippen LogP contribution < -0.4 is 19.5 Å². The van der Waals surface area contributed by atoms with E-state index in [2.05, 4.69) is 21.2 Å². The van der Waals surface area contributed by atoms with Crippen LogP contribution in [0.1, 0.15) is 25.0 Å². The zero-order chi connectivity index (χ0) is 28.6. The molecule has 0 aliphatic carbocycles. The number of thioether (sulfide) groups is 1. The predicted molar refractivity (Wildman–Crippen MR) is 160 cm³/mol. The number of nitrogens with zero attached hydrogens (tertiary/aromatic N) is 1. The van der Waals surface area contributed by atoms with Gasteiger partial charge in [0.1, 0.15) is 18.9 Å². The van der Waals surface area contributed by atoms with Crippen molar-refractivity contribution in [3.05, 3.63) is 86.2 Å². The Morgan fingerprint density at radius 1 is 1.00 bits per heavy atom. The molecule has 3 amide bonds. The van der Waals surface area contributed by atoms with Gasteiger partial charge in [0.2, 0.25) is 5.91 Å². The maximum atomic E-state index is 13.0. The highest BCUT2D eigenvalue weighted by molar-refractivity contribution is 9.10. The Bertz CT molecular complexity index is 1430. The Balaban J connectivity index is 1.45. The molecule has 1 fully saturated rings. The van der Waals surface area contributed by atoms with Crippen molar-refractivity contribution >= 4 is 68.1 Å². The molecule has 1 aliphatic heterocycles. The van der Waals surface area contributed by atoms with Gasteiger partial charge in [-0.3, -0.25) is 19.3 Å². The number of imide groups is 1. The first kappa shape index (κ1) is 29.5. The van der Waals surface area contributed by atoms with Gasteiger partial charge in [-0.15, -0.1) is 0 Å².